The van der Waals surface area contributed by atoms with Gasteiger partial charge in [-0.05, 0) is 62.8 Å². The maximum Gasteiger partial charge on any atom is 0.320 e. The summed E-state index contributed by atoms with van der Waals surface area (Å²) in [6, 6.07) is 10.6. The first-order valence-electron chi connectivity index (χ1n) is 9.64. The Morgan fingerprint density at radius 3 is 2.58 bits per heavy atom. The van der Waals surface area contributed by atoms with Crippen molar-refractivity contribution in [2.75, 3.05) is 0 Å². The van der Waals surface area contributed by atoms with Crippen LogP contribution in [-0.2, 0) is 11.3 Å². The van der Waals surface area contributed by atoms with Crippen LogP contribution in [0.15, 0.2) is 30.3 Å². The molecule has 0 bridgehead atoms. The summed E-state index contributed by atoms with van der Waals surface area (Å²) in [5.74, 6) is -0.113. The normalized spacial score (nSPS) is 26.0. The molecule has 1 saturated carbocycles. The second kappa shape index (κ2) is 6.88. The Morgan fingerprint density at radius 2 is 1.92 bits per heavy atom. The first kappa shape index (κ1) is 17.3. The van der Waals surface area contributed by atoms with Gasteiger partial charge in [-0.15, -0.1) is 0 Å². The van der Waals surface area contributed by atoms with Crippen molar-refractivity contribution in [2.24, 2.45) is 5.92 Å². The number of carboxylic acids is 1. The zero-order valence-electron chi connectivity index (χ0n) is 15.6. The van der Waals surface area contributed by atoms with Gasteiger partial charge in [0, 0.05) is 18.3 Å². The van der Waals surface area contributed by atoms with E-state index in [1.165, 1.54) is 24.8 Å². The SMILES string of the molecule is Cc1cc(C)n(-c2ccc(CN3C(C(=O)O)CC4CCCCC43)cc2)n1. The van der Waals surface area contributed by atoms with Crippen molar-refractivity contribution in [1.82, 2.24) is 14.7 Å². The van der Waals surface area contributed by atoms with Crippen molar-refractivity contribution in [1.29, 1.82) is 0 Å². The number of likely N-dealkylation sites (tertiary alicyclic amines) is 1. The van der Waals surface area contributed by atoms with Crippen molar-refractivity contribution < 1.29 is 9.90 Å². The molecule has 0 spiro atoms. The van der Waals surface area contributed by atoms with Gasteiger partial charge in [-0.25, -0.2) is 4.68 Å². The van der Waals surface area contributed by atoms with E-state index in [2.05, 4.69) is 47.3 Å². The Balaban J connectivity index is 1.54. The second-order valence-corrected chi connectivity index (χ2v) is 7.88. The fourth-order valence-electron chi connectivity index (χ4n) is 4.87. The van der Waals surface area contributed by atoms with Crippen LogP contribution < -0.4 is 0 Å². The quantitative estimate of drug-likeness (QED) is 0.910. The van der Waals surface area contributed by atoms with E-state index in [0.29, 0.717) is 12.0 Å². The first-order valence-corrected chi connectivity index (χ1v) is 9.64. The van der Waals surface area contributed by atoms with Gasteiger partial charge >= 0.3 is 5.97 Å². The number of aryl methyl sites for hydroxylation is 2. The Morgan fingerprint density at radius 1 is 1.19 bits per heavy atom. The summed E-state index contributed by atoms with van der Waals surface area (Å²) < 4.78 is 1.95. The molecule has 0 radical (unpaired) electrons. The summed E-state index contributed by atoms with van der Waals surface area (Å²) in [4.78, 5) is 14.0. The Bertz CT molecular complexity index is 796. The summed E-state index contributed by atoms with van der Waals surface area (Å²) in [6.07, 6.45) is 5.60. The lowest BCUT2D eigenvalue weighted by Gasteiger charge is -2.33. The van der Waals surface area contributed by atoms with Crippen LogP contribution in [0, 0.1) is 19.8 Å². The molecule has 2 aromatic rings. The molecule has 4 rings (SSSR count). The third-order valence-corrected chi connectivity index (χ3v) is 6.06. The zero-order chi connectivity index (χ0) is 18.3. The Labute approximate surface area is 154 Å². The van der Waals surface area contributed by atoms with E-state index in [9.17, 15) is 9.90 Å². The molecule has 2 heterocycles. The maximum atomic E-state index is 11.8. The van der Waals surface area contributed by atoms with Gasteiger partial charge in [-0.1, -0.05) is 25.0 Å². The molecule has 3 unspecified atom stereocenters. The minimum atomic E-state index is -0.668. The lowest BCUT2D eigenvalue weighted by Crippen LogP contribution is -2.41. The number of carbonyl (C=O) groups is 1. The van der Waals surface area contributed by atoms with Gasteiger partial charge in [0.25, 0.3) is 0 Å². The molecule has 5 nitrogen and oxygen atoms in total. The molecule has 0 amide bonds. The fourth-order valence-corrected chi connectivity index (χ4v) is 4.87. The van der Waals surface area contributed by atoms with Crippen molar-refractivity contribution >= 4 is 5.97 Å². The maximum absolute atomic E-state index is 11.8. The number of aliphatic carboxylic acids is 1. The molecule has 3 atom stereocenters. The average Bonchev–Trinajstić information content (AvgIpc) is 3.16. The molecule has 2 aliphatic rings. The van der Waals surface area contributed by atoms with Gasteiger partial charge in [0.15, 0.2) is 0 Å². The van der Waals surface area contributed by atoms with Crippen molar-refractivity contribution in [3.05, 3.63) is 47.3 Å². The highest BCUT2D eigenvalue weighted by atomic mass is 16.4. The summed E-state index contributed by atoms with van der Waals surface area (Å²) in [5.41, 5.74) is 4.35. The molecular weight excluding hydrogens is 326 g/mol. The molecule has 1 aromatic heterocycles. The number of carboxylic acid groups (broad SMARTS) is 1. The minimum Gasteiger partial charge on any atom is -0.480 e. The number of hydrogen-bond donors (Lipinski definition) is 1. The van der Waals surface area contributed by atoms with Crippen molar-refractivity contribution in [3.8, 4) is 5.69 Å². The number of benzene rings is 1. The van der Waals surface area contributed by atoms with Crippen LogP contribution >= 0.6 is 0 Å². The summed E-state index contributed by atoms with van der Waals surface area (Å²) in [5, 5.41) is 14.2. The van der Waals surface area contributed by atoms with E-state index < -0.39 is 5.97 Å². The predicted molar refractivity (Wildman–Crippen MR) is 100 cm³/mol. The summed E-state index contributed by atoms with van der Waals surface area (Å²) in [7, 11) is 0. The largest absolute Gasteiger partial charge is 0.480 e. The lowest BCUT2D eigenvalue weighted by atomic mass is 9.84. The van der Waals surface area contributed by atoms with Crippen LogP contribution in [0.2, 0.25) is 0 Å². The topological polar surface area (TPSA) is 58.4 Å². The highest BCUT2D eigenvalue weighted by Crippen LogP contribution is 2.40. The fraction of sp³-hybridized carbons (Fsp3) is 0.524. The molecule has 1 N–H and O–H groups in total. The molecule has 1 saturated heterocycles. The Hall–Kier alpha value is -2.14. The molecular formula is C21H27N3O2. The van der Waals surface area contributed by atoms with E-state index in [1.54, 1.807) is 0 Å². The molecule has 1 aromatic carbocycles. The van der Waals surface area contributed by atoms with Gasteiger partial charge in [0.1, 0.15) is 6.04 Å². The van der Waals surface area contributed by atoms with E-state index in [1.807, 2.05) is 11.6 Å². The number of nitrogens with zero attached hydrogens (tertiary/aromatic N) is 3. The van der Waals surface area contributed by atoms with Crippen LogP contribution in [0.1, 0.15) is 49.1 Å². The van der Waals surface area contributed by atoms with Crippen LogP contribution in [0.25, 0.3) is 5.69 Å². The predicted octanol–water partition coefficient (Wildman–Crippen LogP) is 3.71. The van der Waals surface area contributed by atoms with Gasteiger partial charge in [-0.2, -0.15) is 5.10 Å². The molecule has 1 aliphatic heterocycles. The number of rotatable bonds is 4. The monoisotopic (exact) mass is 353 g/mol. The highest BCUT2D eigenvalue weighted by molar-refractivity contribution is 5.74. The minimum absolute atomic E-state index is 0.334. The highest BCUT2D eigenvalue weighted by Gasteiger charge is 2.44. The van der Waals surface area contributed by atoms with Gasteiger partial charge < -0.3 is 5.11 Å². The Kier molecular flexibility index (Phi) is 4.57. The van der Waals surface area contributed by atoms with Crippen molar-refractivity contribution in [3.63, 3.8) is 0 Å². The number of hydrogen-bond acceptors (Lipinski definition) is 3. The average molecular weight is 353 g/mol. The zero-order valence-corrected chi connectivity index (χ0v) is 15.6. The van der Waals surface area contributed by atoms with Crippen LogP contribution in [0.5, 0.6) is 0 Å². The van der Waals surface area contributed by atoms with Gasteiger partial charge in [-0.3, -0.25) is 9.69 Å². The molecule has 2 fully saturated rings. The molecule has 138 valence electrons. The first-order chi connectivity index (χ1) is 12.5. The second-order valence-electron chi connectivity index (χ2n) is 7.88. The molecule has 26 heavy (non-hydrogen) atoms. The van der Waals surface area contributed by atoms with Crippen LogP contribution in [0.4, 0.5) is 0 Å². The summed E-state index contributed by atoms with van der Waals surface area (Å²) >= 11 is 0. The van der Waals surface area contributed by atoms with Gasteiger partial charge in [0.2, 0.25) is 0 Å². The van der Waals surface area contributed by atoms with Gasteiger partial charge in [0.05, 0.1) is 11.4 Å². The van der Waals surface area contributed by atoms with E-state index >= 15 is 0 Å². The number of fused-ring (bicyclic) bond motifs is 1. The van der Waals surface area contributed by atoms with Crippen molar-refractivity contribution in [2.45, 2.75) is 64.6 Å². The third kappa shape index (κ3) is 3.16. The van der Waals surface area contributed by atoms with E-state index in [-0.39, 0.29) is 6.04 Å². The van der Waals surface area contributed by atoms with Crippen LogP contribution in [0.3, 0.4) is 0 Å². The lowest BCUT2D eigenvalue weighted by molar-refractivity contribution is -0.142. The smallest absolute Gasteiger partial charge is 0.320 e. The molecule has 1 aliphatic carbocycles. The standard InChI is InChI=1S/C21H27N3O2/c1-14-11-15(2)24(22-14)18-9-7-16(8-10-18)13-23-19-6-4-3-5-17(19)12-20(23)21(25)26/h7-11,17,19-20H,3-6,12-13H2,1-2H3,(H,25,26). The van der Waals surface area contributed by atoms with E-state index in [4.69, 9.17) is 0 Å². The van der Waals surface area contributed by atoms with E-state index in [0.717, 1.165) is 36.5 Å². The third-order valence-electron chi connectivity index (χ3n) is 6.06. The van der Waals surface area contributed by atoms with Crippen LogP contribution in [-0.4, -0.2) is 37.8 Å². The molecule has 5 heteroatoms. The number of aromatic nitrogens is 2. The summed E-state index contributed by atoms with van der Waals surface area (Å²) in [6.45, 7) is 4.77.